The molecule has 0 spiro atoms. The normalized spacial score (nSPS) is 15.5. The summed E-state index contributed by atoms with van der Waals surface area (Å²) in [5.74, 6) is -0.463. The lowest BCUT2D eigenvalue weighted by Gasteiger charge is -2.34. The zero-order valence-corrected chi connectivity index (χ0v) is 13.4. The number of amides is 1. The van der Waals surface area contributed by atoms with Crippen LogP contribution in [-0.4, -0.2) is 54.0 Å². The highest BCUT2D eigenvalue weighted by Crippen LogP contribution is 2.16. The minimum absolute atomic E-state index is 0.0377. The van der Waals surface area contributed by atoms with E-state index in [1.54, 1.807) is 19.1 Å². The SMILES string of the molecule is CCCN(C(=O)c1ccc(C(=O)OCC)[nH]1)C1CCNCC1. The molecule has 0 atom stereocenters. The van der Waals surface area contributed by atoms with Crippen LogP contribution in [0.1, 0.15) is 54.1 Å². The second kappa shape index (κ2) is 7.98. The Hall–Kier alpha value is -1.82. The first-order valence-corrected chi connectivity index (χ1v) is 8.05. The number of hydrogen-bond acceptors (Lipinski definition) is 4. The summed E-state index contributed by atoms with van der Waals surface area (Å²) >= 11 is 0. The molecule has 0 saturated carbocycles. The van der Waals surface area contributed by atoms with Gasteiger partial charge >= 0.3 is 5.97 Å². The van der Waals surface area contributed by atoms with Crippen LogP contribution in [-0.2, 0) is 4.74 Å². The van der Waals surface area contributed by atoms with Crippen LogP contribution in [0, 0.1) is 0 Å². The second-order valence-corrected chi connectivity index (χ2v) is 5.49. The third kappa shape index (κ3) is 3.88. The first-order valence-electron chi connectivity index (χ1n) is 8.05. The van der Waals surface area contributed by atoms with Crippen molar-refractivity contribution < 1.29 is 14.3 Å². The summed E-state index contributed by atoms with van der Waals surface area (Å²) in [5, 5.41) is 3.32. The average Bonchev–Trinajstić information content (AvgIpc) is 3.03. The number of carbonyl (C=O) groups excluding carboxylic acids is 2. The number of hydrogen-bond donors (Lipinski definition) is 2. The van der Waals surface area contributed by atoms with Crippen LogP contribution in [0.15, 0.2) is 12.1 Å². The highest BCUT2D eigenvalue weighted by Gasteiger charge is 2.26. The Kier molecular flexibility index (Phi) is 6.00. The largest absolute Gasteiger partial charge is 0.461 e. The maximum atomic E-state index is 12.8. The Morgan fingerprint density at radius 2 is 1.91 bits per heavy atom. The Labute approximate surface area is 131 Å². The van der Waals surface area contributed by atoms with Crippen LogP contribution in [0.2, 0.25) is 0 Å². The van der Waals surface area contributed by atoms with E-state index >= 15 is 0 Å². The molecular weight excluding hydrogens is 282 g/mol. The van der Waals surface area contributed by atoms with Crippen molar-refractivity contribution in [2.24, 2.45) is 0 Å². The molecule has 6 heteroatoms. The lowest BCUT2D eigenvalue weighted by atomic mass is 10.0. The molecule has 0 unspecified atom stereocenters. The smallest absolute Gasteiger partial charge is 0.354 e. The monoisotopic (exact) mass is 307 g/mol. The quantitative estimate of drug-likeness (QED) is 0.786. The summed E-state index contributed by atoms with van der Waals surface area (Å²) in [6.45, 7) is 6.76. The number of rotatable bonds is 6. The summed E-state index contributed by atoms with van der Waals surface area (Å²) < 4.78 is 4.94. The predicted molar refractivity (Wildman–Crippen MR) is 84.0 cm³/mol. The van der Waals surface area contributed by atoms with Gasteiger partial charge in [-0.3, -0.25) is 4.79 Å². The van der Waals surface area contributed by atoms with Crippen LogP contribution in [0.4, 0.5) is 0 Å². The van der Waals surface area contributed by atoms with E-state index in [0.717, 1.165) is 38.9 Å². The molecular formula is C16H25N3O3. The van der Waals surface area contributed by atoms with Crippen LogP contribution < -0.4 is 5.32 Å². The van der Waals surface area contributed by atoms with Crippen LogP contribution >= 0.6 is 0 Å². The third-order valence-electron chi connectivity index (χ3n) is 3.89. The molecule has 0 bridgehead atoms. The van der Waals surface area contributed by atoms with E-state index in [4.69, 9.17) is 4.74 Å². The molecule has 1 amide bonds. The molecule has 2 N–H and O–H groups in total. The highest BCUT2D eigenvalue weighted by molar-refractivity contribution is 5.95. The second-order valence-electron chi connectivity index (χ2n) is 5.49. The number of nitrogens with one attached hydrogen (secondary N) is 2. The highest BCUT2D eigenvalue weighted by atomic mass is 16.5. The molecule has 0 aromatic carbocycles. The van der Waals surface area contributed by atoms with Gasteiger partial charge in [0.2, 0.25) is 0 Å². The Morgan fingerprint density at radius 3 is 2.55 bits per heavy atom. The van der Waals surface area contributed by atoms with Crippen molar-refractivity contribution >= 4 is 11.9 Å². The van der Waals surface area contributed by atoms with Crippen LogP contribution in [0.3, 0.4) is 0 Å². The number of piperidine rings is 1. The molecule has 1 aromatic rings. The first-order chi connectivity index (χ1) is 10.7. The summed E-state index contributed by atoms with van der Waals surface area (Å²) in [4.78, 5) is 29.3. The fraction of sp³-hybridized carbons (Fsp3) is 0.625. The molecule has 1 aliphatic heterocycles. The fourth-order valence-electron chi connectivity index (χ4n) is 2.81. The van der Waals surface area contributed by atoms with Crippen molar-refractivity contribution in [3.63, 3.8) is 0 Å². The lowest BCUT2D eigenvalue weighted by molar-refractivity contribution is 0.0520. The van der Waals surface area contributed by atoms with Gasteiger partial charge in [-0.1, -0.05) is 6.92 Å². The van der Waals surface area contributed by atoms with Crippen molar-refractivity contribution in [2.75, 3.05) is 26.2 Å². The molecule has 0 aliphatic carbocycles. The third-order valence-corrected chi connectivity index (χ3v) is 3.89. The van der Waals surface area contributed by atoms with E-state index in [9.17, 15) is 9.59 Å². The molecule has 22 heavy (non-hydrogen) atoms. The predicted octanol–water partition coefficient (Wildman–Crippen LogP) is 1.80. The average molecular weight is 307 g/mol. The molecule has 122 valence electrons. The molecule has 1 aromatic heterocycles. The number of nitrogens with zero attached hydrogens (tertiary/aromatic N) is 1. The van der Waals surface area contributed by atoms with E-state index in [1.165, 1.54) is 0 Å². The molecule has 1 aliphatic rings. The van der Waals surface area contributed by atoms with Crippen LogP contribution in [0.25, 0.3) is 0 Å². The van der Waals surface area contributed by atoms with Gasteiger partial charge in [-0.2, -0.15) is 0 Å². The van der Waals surface area contributed by atoms with Crippen molar-refractivity contribution in [1.29, 1.82) is 0 Å². The van der Waals surface area contributed by atoms with Crippen molar-refractivity contribution in [3.8, 4) is 0 Å². The molecule has 1 fully saturated rings. The Morgan fingerprint density at radius 1 is 1.23 bits per heavy atom. The maximum Gasteiger partial charge on any atom is 0.354 e. The van der Waals surface area contributed by atoms with Gasteiger partial charge in [-0.25, -0.2) is 4.79 Å². The Balaban J connectivity index is 2.11. The summed E-state index contributed by atoms with van der Waals surface area (Å²) in [7, 11) is 0. The number of aromatic amines is 1. The lowest BCUT2D eigenvalue weighted by Crippen LogP contribution is -2.46. The van der Waals surface area contributed by atoms with Gasteiger partial charge in [0, 0.05) is 12.6 Å². The Bertz CT molecular complexity index is 506. The van der Waals surface area contributed by atoms with Gasteiger partial charge in [0.1, 0.15) is 11.4 Å². The summed E-state index contributed by atoms with van der Waals surface area (Å²) in [5.41, 5.74) is 0.780. The van der Waals surface area contributed by atoms with E-state index in [-0.39, 0.29) is 11.9 Å². The summed E-state index contributed by atoms with van der Waals surface area (Å²) in [6.07, 6.45) is 2.86. The van der Waals surface area contributed by atoms with Gasteiger partial charge in [-0.15, -0.1) is 0 Å². The van der Waals surface area contributed by atoms with E-state index in [1.807, 2.05) is 4.90 Å². The topological polar surface area (TPSA) is 74.4 Å². The number of carbonyl (C=O) groups is 2. The minimum atomic E-state index is -0.426. The number of aromatic nitrogens is 1. The first kappa shape index (κ1) is 16.5. The van der Waals surface area contributed by atoms with E-state index in [0.29, 0.717) is 18.0 Å². The van der Waals surface area contributed by atoms with E-state index < -0.39 is 5.97 Å². The van der Waals surface area contributed by atoms with Gasteiger partial charge in [-0.05, 0) is 51.4 Å². The zero-order chi connectivity index (χ0) is 15.9. The van der Waals surface area contributed by atoms with Gasteiger partial charge in [0.05, 0.1) is 6.61 Å². The minimum Gasteiger partial charge on any atom is -0.461 e. The molecule has 6 nitrogen and oxygen atoms in total. The van der Waals surface area contributed by atoms with Gasteiger partial charge in [0.15, 0.2) is 0 Å². The van der Waals surface area contributed by atoms with Crippen molar-refractivity contribution in [1.82, 2.24) is 15.2 Å². The maximum absolute atomic E-state index is 12.8. The zero-order valence-electron chi connectivity index (χ0n) is 13.4. The van der Waals surface area contributed by atoms with Gasteiger partial charge in [0.25, 0.3) is 5.91 Å². The molecule has 1 saturated heterocycles. The van der Waals surface area contributed by atoms with Gasteiger partial charge < -0.3 is 19.9 Å². The van der Waals surface area contributed by atoms with E-state index in [2.05, 4.69) is 17.2 Å². The van der Waals surface area contributed by atoms with Crippen molar-refractivity contribution in [2.45, 2.75) is 39.2 Å². The summed E-state index contributed by atoms with van der Waals surface area (Å²) in [6, 6.07) is 3.54. The van der Waals surface area contributed by atoms with Crippen molar-refractivity contribution in [3.05, 3.63) is 23.5 Å². The molecule has 2 rings (SSSR count). The number of H-pyrrole nitrogens is 1. The standard InChI is InChI=1S/C16H25N3O3/c1-3-11-19(12-7-9-17-10-8-12)15(20)13-5-6-14(18-13)16(21)22-4-2/h5-6,12,17-18H,3-4,7-11H2,1-2H3. The number of esters is 1. The fourth-order valence-corrected chi connectivity index (χ4v) is 2.81. The van der Waals surface area contributed by atoms with Crippen LogP contribution in [0.5, 0.6) is 0 Å². The number of ether oxygens (including phenoxy) is 1. The molecule has 2 heterocycles. The molecule has 0 radical (unpaired) electrons.